The molecule has 0 heterocycles. The van der Waals surface area contributed by atoms with Gasteiger partial charge in [0.25, 0.3) is 0 Å². The van der Waals surface area contributed by atoms with E-state index < -0.39 is 19.7 Å². The van der Waals surface area contributed by atoms with E-state index in [0.717, 1.165) is 12.6 Å². The largest absolute Gasteiger partial charge is 0.478 e. The summed E-state index contributed by atoms with van der Waals surface area (Å²) in [6.07, 6.45) is 1.71. The average molecular weight is 322 g/mol. The van der Waals surface area contributed by atoms with Gasteiger partial charge >= 0.3 is 11.9 Å². The van der Waals surface area contributed by atoms with Crippen LogP contribution in [0.1, 0.15) is 6.42 Å². The first kappa shape index (κ1) is 19.8. The maximum atomic E-state index is 11.9. The Labute approximate surface area is 125 Å². The molecule has 1 atom stereocenters. The van der Waals surface area contributed by atoms with Crippen molar-refractivity contribution in [1.82, 2.24) is 0 Å². The molecule has 0 aromatic carbocycles. The molecule has 0 fully saturated rings. The first-order valence-corrected chi connectivity index (χ1v) is 8.51. The second kappa shape index (κ2) is 9.71. The quantitative estimate of drug-likeness (QED) is 0.258. The summed E-state index contributed by atoms with van der Waals surface area (Å²) in [6, 6.07) is 0. The Balaban J connectivity index is 4.46. The van der Waals surface area contributed by atoms with Gasteiger partial charge in [0.05, 0.1) is 42.1 Å². The number of carboxylic acids is 1. The fraction of sp³-hybridized carbons (Fsp3) is 0.692. The van der Waals surface area contributed by atoms with Gasteiger partial charge in [0.15, 0.2) is 0 Å². The molecule has 0 bridgehead atoms. The number of quaternary nitrogens is 1. The molecule has 0 spiro atoms. The number of aliphatic carboxylic acids is 1. The lowest BCUT2D eigenvalue weighted by atomic mass is 10.2. The Hall–Kier alpha value is -1.17. The minimum atomic E-state index is -1.86. The number of hydrogen-bond donors (Lipinski definition) is 2. The highest BCUT2D eigenvalue weighted by Gasteiger charge is 2.16. The summed E-state index contributed by atoms with van der Waals surface area (Å²) in [5, 5.41) is 17.3. The Morgan fingerprint density at radius 3 is 2.33 bits per heavy atom. The minimum Gasteiger partial charge on any atom is -0.478 e. The van der Waals surface area contributed by atoms with Gasteiger partial charge in [0, 0.05) is 24.0 Å². The third kappa shape index (κ3) is 11.2. The van der Waals surface area contributed by atoms with Crippen molar-refractivity contribution in [3.8, 4) is 0 Å². The van der Waals surface area contributed by atoms with E-state index in [-0.39, 0.29) is 31.4 Å². The molecule has 0 saturated heterocycles. The Morgan fingerprint density at radius 2 is 1.86 bits per heavy atom. The molecule has 0 aromatic heterocycles. The SMILES string of the molecule is C[N+](C)(C)CC[PH](=O)CC/C(=C/C(=O)O)C(=O)OCCO. The summed E-state index contributed by atoms with van der Waals surface area (Å²) in [7, 11) is 4.13. The number of nitrogens with zero attached hydrogens (tertiary/aromatic N) is 1. The molecule has 0 aliphatic carbocycles. The Bertz CT molecular complexity index is 413. The fourth-order valence-electron chi connectivity index (χ4n) is 1.47. The summed E-state index contributed by atoms with van der Waals surface area (Å²) in [5.74, 6) is -2.04. The molecule has 0 rings (SSSR count). The number of rotatable bonds is 10. The van der Waals surface area contributed by atoms with Crippen LogP contribution in [0.15, 0.2) is 11.6 Å². The standard InChI is InChI=1S/C13H24NO6P/c1-14(2,3)5-9-21(19)8-4-11(10-12(16)17)13(18)20-7-6-15/h10,15,21H,4-9H2,1-3H3/p+1/b11-10-. The van der Waals surface area contributed by atoms with Crippen molar-refractivity contribution in [3.63, 3.8) is 0 Å². The molecule has 1 unspecified atom stereocenters. The van der Waals surface area contributed by atoms with E-state index >= 15 is 0 Å². The summed E-state index contributed by atoms with van der Waals surface area (Å²) in [4.78, 5) is 22.3. The van der Waals surface area contributed by atoms with Gasteiger partial charge in [0.1, 0.15) is 6.61 Å². The molecule has 2 N–H and O–H groups in total. The monoisotopic (exact) mass is 322 g/mol. The highest BCUT2D eigenvalue weighted by atomic mass is 31.1. The second-order valence-corrected chi connectivity index (χ2v) is 7.75. The average Bonchev–Trinajstić information content (AvgIpc) is 2.37. The fourth-order valence-corrected chi connectivity index (χ4v) is 3.19. The highest BCUT2D eigenvalue weighted by Crippen LogP contribution is 2.24. The lowest BCUT2D eigenvalue weighted by molar-refractivity contribution is -0.867. The van der Waals surface area contributed by atoms with E-state index in [9.17, 15) is 14.2 Å². The lowest BCUT2D eigenvalue weighted by Gasteiger charge is -2.23. The smallest absolute Gasteiger partial charge is 0.334 e. The van der Waals surface area contributed by atoms with Crippen LogP contribution in [0.5, 0.6) is 0 Å². The Morgan fingerprint density at radius 1 is 1.24 bits per heavy atom. The number of carboxylic acid groups (broad SMARTS) is 1. The highest BCUT2D eigenvalue weighted by molar-refractivity contribution is 7.44. The van der Waals surface area contributed by atoms with Crippen LogP contribution in [-0.4, -0.2) is 79.9 Å². The molecule has 0 aromatic rings. The summed E-state index contributed by atoms with van der Waals surface area (Å²) in [6.45, 7) is 0.239. The molecule has 0 aliphatic rings. The lowest BCUT2D eigenvalue weighted by Crippen LogP contribution is -2.36. The van der Waals surface area contributed by atoms with Crippen LogP contribution in [0.25, 0.3) is 0 Å². The number of ether oxygens (including phenoxy) is 1. The van der Waals surface area contributed by atoms with Crippen molar-refractivity contribution < 1.29 is 33.6 Å². The first-order chi connectivity index (χ1) is 9.65. The molecular formula is C13H25NO6P+. The van der Waals surface area contributed by atoms with Crippen molar-refractivity contribution in [1.29, 1.82) is 0 Å². The zero-order valence-electron chi connectivity index (χ0n) is 12.8. The Kier molecular flexibility index (Phi) is 9.17. The first-order valence-electron chi connectivity index (χ1n) is 6.69. The molecule has 0 aliphatic heterocycles. The molecule has 0 saturated carbocycles. The molecule has 0 amide bonds. The van der Waals surface area contributed by atoms with E-state index in [2.05, 4.69) is 4.74 Å². The van der Waals surface area contributed by atoms with Crippen molar-refractivity contribution in [2.75, 3.05) is 53.2 Å². The summed E-state index contributed by atoms with van der Waals surface area (Å²) < 4.78 is 17.3. The van der Waals surface area contributed by atoms with E-state index in [1.165, 1.54) is 0 Å². The number of carbonyl (C=O) groups is 2. The third-order valence-corrected chi connectivity index (χ3v) is 4.21. The van der Waals surface area contributed by atoms with Gasteiger partial charge in [-0.1, -0.05) is 0 Å². The maximum Gasteiger partial charge on any atom is 0.334 e. The summed E-state index contributed by atoms with van der Waals surface area (Å²) >= 11 is 0. The van der Waals surface area contributed by atoms with Crippen molar-refractivity contribution >= 4 is 19.7 Å². The second-order valence-electron chi connectivity index (χ2n) is 5.67. The predicted molar refractivity (Wildman–Crippen MR) is 80.0 cm³/mol. The zero-order chi connectivity index (χ0) is 16.5. The maximum absolute atomic E-state index is 11.9. The van der Waals surface area contributed by atoms with Crippen LogP contribution in [0.2, 0.25) is 0 Å². The molecule has 8 heteroatoms. The van der Waals surface area contributed by atoms with Gasteiger partial charge in [0.2, 0.25) is 0 Å². The molecule has 0 radical (unpaired) electrons. The van der Waals surface area contributed by atoms with Gasteiger partial charge in [-0.25, -0.2) is 9.59 Å². The van der Waals surface area contributed by atoms with Crippen LogP contribution >= 0.6 is 7.80 Å². The van der Waals surface area contributed by atoms with Crippen molar-refractivity contribution in [2.24, 2.45) is 0 Å². The molecular weight excluding hydrogens is 297 g/mol. The molecule has 7 nitrogen and oxygen atoms in total. The molecule has 21 heavy (non-hydrogen) atoms. The van der Waals surface area contributed by atoms with E-state index in [4.69, 9.17) is 10.2 Å². The number of hydrogen-bond acceptors (Lipinski definition) is 5. The number of carbonyl (C=O) groups excluding carboxylic acids is 1. The zero-order valence-corrected chi connectivity index (χ0v) is 13.8. The van der Waals surface area contributed by atoms with Crippen LogP contribution in [0.4, 0.5) is 0 Å². The van der Waals surface area contributed by atoms with Gasteiger partial charge in [-0.05, 0) is 6.42 Å². The number of esters is 1. The van der Waals surface area contributed by atoms with Crippen molar-refractivity contribution in [3.05, 3.63) is 11.6 Å². The predicted octanol–water partition coefficient (Wildman–Crippen LogP) is 0.189. The van der Waals surface area contributed by atoms with E-state index in [1.807, 2.05) is 21.1 Å². The van der Waals surface area contributed by atoms with E-state index in [0.29, 0.717) is 10.6 Å². The third-order valence-electron chi connectivity index (χ3n) is 2.62. The number of aliphatic hydroxyl groups is 1. The van der Waals surface area contributed by atoms with Gasteiger partial charge < -0.3 is 24.0 Å². The van der Waals surface area contributed by atoms with Gasteiger partial charge in [-0.2, -0.15) is 0 Å². The molecule has 122 valence electrons. The van der Waals surface area contributed by atoms with E-state index in [1.54, 1.807) is 0 Å². The normalized spacial score (nSPS) is 13.8. The van der Waals surface area contributed by atoms with Crippen LogP contribution in [-0.2, 0) is 18.9 Å². The summed E-state index contributed by atoms with van der Waals surface area (Å²) in [5.41, 5.74) is -0.0282. The topological polar surface area (TPSA) is 101 Å². The van der Waals surface area contributed by atoms with Gasteiger partial charge in [-0.15, -0.1) is 0 Å². The van der Waals surface area contributed by atoms with Crippen molar-refractivity contribution in [2.45, 2.75) is 6.42 Å². The van der Waals surface area contributed by atoms with Crippen LogP contribution in [0.3, 0.4) is 0 Å². The minimum absolute atomic E-state index is 0.0282. The van der Waals surface area contributed by atoms with Crippen LogP contribution < -0.4 is 0 Å². The van der Waals surface area contributed by atoms with Gasteiger partial charge in [-0.3, -0.25) is 0 Å². The number of aliphatic hydroxyl groups excluding tert-OH is 1. The van der Waals surface area contributed by atoms with Crippen LogP contribution in [0, 0.1) is 0 Å².